The van der Waals surface area contributed by atoms with Crippen molar-refractivity contribution in [1.82, 2.24) is 15.1 Å². The van der Waals surface area contributed by atoms with Crippen LogP contribution in [0.4, 0.5) is 5.82 Å². The van der Waals surface area contributed by atoms with Crippen molar-refractivity contribution in [3.8, 4) is 0 Å². The average molecular weight is 514 g/mol. The maximum absolute atomic E-state index is 13.3. The number of rotatable bonds is 4. The number of aromatic nitrogens is 2. The first kappa shape index (κ1) is 20.9. The van der Waals surface area contributed by atoms with E-state index < -0.39 is 5.54 Å². The fourth-order valence-electron chi connectivity index (χ4n) is 4.09. The van der Waals surface area contributed by atoms with Crippen LogP contribution in [0.3, 0.4) is 0 Å². The van der Waals surface area contributed by atoms with E-state index in [4.69, 9.17) is 0 Å². The number of amides is 1. The minimum Gasteiger partial charge on any atom is -0.363 e. The molecule has 2 aromatic carbocycles. The van der Waals surface area contributed by atoms with Gasteiger partial charge in [0.05, 0.1) is 23.3 Å². The molecule has 1 amide bonds. The Bertz CT molecular complexity index is 1050. The third kappa shape index (κ3) is 3.97. The fraction of sp³-hybridized carbons (Fsp3) is 0.333. The highest BCUT2D eigenvalue weighted by molar-refractivity contribution is 14.1. The zero-order valence-corrected chi connectivity index (χ0v) is 19.9. The number of carbonyl (C=O) groups excluding carboxylic acids is 1. The first-order valence-corrected chi connectivity index (χ1v) is 11.2. The van der Waals surface area contributed by atoms with Crippen molar-refractivity contribution in [2.24, 2.45) is 0 Å². The largest absolute Gasteiger partial charge is 0.363 e. The number of anilines is 1. The maximum Gasteiger partial charge on any atom is 0.257 e. The molecule has 156 valence electrons. The van der Waals surface area contributed by atoms with Gasteiger partial charge in [0.15, 0.2) is 0 Å². The van der Waals surface area contributed by atoms with Gasteiger partial charge in [-0.15, -0.1) is 0 Å². The number of nitrogens with zero attached hydrogens (tertiary/aromatic N) is 2. The molecule has 0 fully saturated rings. The first-order valence-electron chi connectivity index (χ1n) is 10.2. The van der Waals surface area contributed by atoms with Gasteiger partial charge in [-0.05, 0) is 80.0 Å². The van der Waals surface area contributed by atoms with E-state index in [-0.39, 0.29) is 17.5 Å². The lowest BCUT2D eigenvalue weighted by Crippen LogP contribution is -2.42. The molecule has 0 spiro atoms. The molecule has 0 saturated heterocycles. The predicted molar refractivity (Wildman–Crippen MR) is 129 cm³/mol. The standard InChI is InChI=1S/C24H27IN4O/c1-23(2)14-20(16-8-6-5-7-9-16)27-21-19(15-26-29(21)23)22(30)28-24(3,4)17-10-12-18(25)13-11-17/h5-13,15,20,27H,14H2,1-4H3,(H,28,30). The smallest absolute Gasteiger partial charge is 0.257 e. The highest BCUT2D eigenvalue weighted by atomic mass is 127. The third-order valence-electron chi connectivity index (χ3n) is 5.80. The van der Waals surface area contributed by atoms with E-state index in [1.165, 1.54) is 9.13 Å². The van der Waals surface area contributed by atoms with Gasteiger partial charge in [0.2, 0.25) is 0 Å². The summed E-state index contributed by atoms with van der Waals surface area (Å²) in [6.45, 7) is 8.37. The number of halogens is 1. The Morgan fingerprint density at radius 3 is 2.50 bits per heavy atom. The van der Waals surface area contributed by atoms with Crippen molar-refractivity contribution >= 4 is 34.3 Å². The molecular formula is C24H27IN4O. The number of benzene rings is 2. The fourth-order valence-corrected chi connectivity index (χ4v) is 4.45. The van der Waals surface area contributed by atoms with E-state index in [0.717, 1.165) is 17.8 Å². The van der Waals surface area contributed by atoms with E-state index in [1.54, 1.807) is 6.20 Å². The van der Waals surface area contributed by atoms with Crippen molar-refractivity contribution in [3.63, 3.8) is 0 Å². The third-order valence-corrected chi connectivity index (χ3v) is 6.51. The molecule has 4 rings (SSSR count). The average Bonchev–Trinajstić information content (AvgIpc) is 3.13. The summed E-state index contributed by atoms with van der Waals surface area (Å²) in [6, 6.07) is 18.7. The number of carbonyl (C=O) groups is 1. The highest BCUT2D eigenvalue weighted by Gasteiger charge is 2.37. The van der Waals surface area contributed by atoms with E-state index in [2.05, 4.69) is 88.6 Å². The van der Waals surface area contributed by atoms with Crippen LogP contribution in [0.15, 0.2) is 60.8 Å². The Balaban J connectivity index is 1.63. The molecule has 1 atom stereocenters. The predicted octanol–water partition coefficient (Wildman–Crippen LogP) is 5.44. The van der Waals surface area contributed by atoms with Gasteiger partial charge in [0.1, 0.15) is 11.4 Å². The molecule has 3 aromatic rings. The Morgan fingerprint density at radius 2 is 1.83 bits per heavy atom. The van der Waals surface area contributed by atoms with Crippen molar-refractivity contribution in [2.45, 2.75) is 51.2 Å². The van der Waals surface area contributed by atoms with Gasteiger partial charge in [-0.1, -0.05) is 42.5 Å². The van der Waals surface area contributed by atoms with Crippen LogP contribution in [-0.2, 0) is 11.1 Å². The van der Waals surface area contributed by atoms with Crippen molar-refractivity contribution < 1.29 is 4.79 Å². The van der Waals surface area contributed by atoms with Crippen molar-refractivity contribution in [2.75, 3.05) is 5.32 Å². The van der Waals surface area contributed by atoms with Crippen LogP contribution in [0.1, 0.15) is 61.6 Å². The highest BCUT2D eigenvalue weighted by Crippen LogP contribution is 2.40. The lowest BCUT2D eigenvalue weighted by Gasteiger charge is -2.38. The summed E-state index contributed by atoms with van der Waals surface area (Å²) < 4.78 is 3.11. The van der Waals surface area contributed by atoms with Crippen LogP contribution in [-0.4, -0.2) is 15.7 Å². The second-order valence-electron chi connectivity index (χ2n) is 9.03. The molecule has 0 aliphatic carbocycles. The maximum atomic E-state index is 13.3. The van der Waals surface area contributed by atoms with Crippen LogP contribution in [0.2, 0.25) is 0 Å². The van der Waals surface area contributed by atoms with Gasteiger partial charge in [-0.3, -0.25) is 4.79 Å². The minimum atomic E-state index is -0.501. The Hall–Kier alpha value is -2.35. The Kier molecular flexibility index (Phi) is 5.38. The summed E-state index contributed by atoms with van der Waals surface area (Å²) in [5.41, 5.74) is 2.14. The van der Waals surface area contributed by atoms with Crippen molar-refractivity contribution in [1.29, 1.82) is 0 Å². The van der Waals surface area contributed by atoms with Crippen LogP contribution < -0.4 is 10.6 Å². The molecule has 2 heterocycles. The molecule has 30 heavy (non-hydrogen) atoms. The van der Waals surface area contributed by atoms with Crippen molar-refractivity contribution in [3.05, 3.63) is 81.1 Å². The van der Waals surface area contributed by atoms with E-state index in [9.17, 15) is 4.79 Å². The molecule has 2 N–H and O–H groups in total. The number of hydrogen-bond acceptors (Lipinski definition) is 3. The quantitative estimate of drug-likeness (QED) is 0.456. The number of fused-ring (bicyclic) bond motifs is 1. The summed E-state index contributed by atoms with van der Waals surface area (Å²) in [6.07, 6.45) is 2.57. The topological polar surface area (TPSA) is 59.0 Å². The van der Waals surface area contributed by atoms with Gasteiger partial charge in [0.25, 0.3) is 5.91 Å². The monoisotopic (exact) mass is 514 g/mol. The summed E-state index contributed by atoms with van der Waals surface area (Å²) >= 11 is 2.29. The SMILES string of the molecule is CC(C)(NC(=O)c1cnn2c1NC(c1ccccc1)CC2(C)C)c1ccc(I)cc1. The summed E-state index contributed by atoms with van der Waals surface area (Å²) in [5.74, 6) is 0.646. The lowest BCUT2D eigenvalue weighted by molar-refractivity contribution is 0.0912. The molecular weight excluding hydrogens is 487 g/mol. The molecule has 6 heteroatoms. The van der Waals surface area contributed by atoms with Gasteiger partial charge >= 0.3 is 0 Å². The number of hydrogen-bond donors (Lipinski definition) is 2. The molecule has 0 bridgehead atoms. The van der Waals surface area contributed by atoms with Crippen LogP contribution >= 0.6 is 22.6 Å². The molecule has 1 aliphatic rings. The molecule has 0 radical (unpaired) electrons. The minimum absolute atomic E-state index is 0.126. The van der Waals surface area contributed by atoms with Gasteiger partial charge in [-0.25, -0.2) is 4.68 Å². The van der Waals surface area contributed by atoms with Crippen LogP contribution in [0.25, 0.3) is 0 Å². The molecule has 5 nitrogen and oxygen atoms in total. The Labute approximate surface area is 191 Å². The van der Waals surface area contributed by atoms with E-state index >= 15 is 0 Å². The zero-order valence-electron chi connectivity index (χ0n) is 17.7. The van der Waals surface area contributed by atoms with E-state index in [0.29, 0.717) is 5.56 Å². The second-order valence-corrected chi connectivity index (χ2v) is 10.3. The molecule has 1 aromatic heterocycles. The first-order chi connectivity index (χ1) is 14.2. The molecule has 1 unspecified atom stereocenters. The number of nitrogens with one attached hydrogen (secondary N) is 2. The molecule has 0 saturated carbocycles. The Morgan fingerprint density at radius 1 is 1.17 bits per heavy atom. The van der Waals surface area contributed by atoms with Crippen LogP contribution in [0.5, 0.6) is 0 Å². The lowest BCUT2D eigenvalue weighted by atomic mass is 9.89. The normalized spacial score (nSPS) is 17.7. The molecule has 1 aliphatic heterocycles. The second kappa shape index (κ2) is 7.72. The summed E-state index contributed by atoms with van der Waals surface area (Å²) in [7, 11) is 0. The van der Waals surface area contributed by atoms with Gasteiger partial charge in [0, 0.05) is 3.57 Å². The van der Waals surface area contributed by atoms with Crippen LogP contribution in [0, 0.1) is 3.57 Å². The van der Waals surface area contributed by atoms with E-state index in [1.807, 2.05) is 36.7 Å². The van der Waals surface area contributed by atoms with Gasteiger partial charge < -0.3 is 10.6 Å². The summed E-state index contributed by atoms with van der Waals surface area (Å²) in [5, 5.41) is 11.3. The summed E-state index contributed by atoms with van der Waals surface area (Å²) in [4.78, 5) is 13.3. The zero-order chi connectivity index (χ0) is 21.5. The van der Waals surface area contributed by atoms with Gasteiger partial charge in [-0.2, -0.15) is 5.10 Å².